The topological polar surface area (TPSA) is 54.3 Å². The van der Waals surface area contributed by atoms with E-state index in [-0.39, 0.29) is 18.1 Å². The molecule has 22 heavy (non-hydrogen) atoms. The van der Waals surface area contributed by atoms with E-state index in [0.717, 1.165) is 42.1 Å². The molecule has 1 aliphatic carbocycles. The molecule has 1 fully saturated rings. The van der Waals surface area contributed by atoms with Gasteiger partial charge in [-0.25, -0.2) is 0 Å². The molecule has 1 aromatic carbocycles. The minimum Gasteiger partial charge on any atom is -0.393 e. The SMILES string of the molecule is Cn1cc(C=CC(=O)NC2CCC(O)CC2)c2ccccc21. The average Bonchev–Trinajstić information content (AvgIpc) is 2.85. The van der Waals surface area contributed by atoms with Gasteiger partial charge in [0.2, 0.25) is 5.91 Å². The molecule has 1 heterocycles. The Morgan fingerprint density at radius 3 is 2.77 bits per heavy atom. The molecule has 1 aromatic heterocycles. The maximum atomic E-state index is 12.0. The molecule has 1 aliphatic rings. The Kier molecular flexibility index (Phi) is 4.29. The summed E-state index contributed by atoms with van der Waals surface area (Å²) in [5, 5.41) is 13.7. The monoisotopic (exact) mass is 298 g/mol. The number of benzene rings is 1. The van der Waals surface area contributed by atoms with Crippen LogP contribution >= 0.6 is 0 Å². The van der Waals surface area contributed by atoms with Gasteiger partial charge in [-0.1, -0.05) is 18.2 Å². The molecule has 0 atom stereocenters. The van der Waals surface area contributed by atoms with Gasteiger partial charge >= 0.3 is 0 Å². The largest absolute Gasteiger partial charge is 0.393 e. The number of para-hydroxylation sites is 1. The highest BCUT2D eigenvalue weighted by molar-refractivity contribution is 5.96. The summed E-state index contributed by atoms with van der Waals surface area (Å²) in [6.07, 6.45) is 8.58. The van der Waals surface area contributed by atoms with Crippen LogP contribution in [0.3, 0.4) is 0 Å². The number of aryl methyl sites for hydroxylation is 1. The molecular formula is C18H22N2O2. The summed E-state index contributed by atoms with van der Waals surface area (Å²) in [6.45, 7) is 0. The fourth-order valence-electron chi connectivity index (χ4n) is 3.14. The molecule has 0 radical (unpaired) electrons. The summed E-state index contributed by atoms with van der Waals surface area (Å²) >= 11 is 0. The summed E-state index contributed by atoms with van der Waals surface area (Å²) in [6, 6.07) is 8.34. The molecule has 3 rings (SSSR count). The zero-order valence-corrected chi connectivity index (χ0v) is 12.8. The van der Waals surface area contributed by atoms with Crippen LogP contribution in [-0.2, 0) is 11.8 Å². The number of aliphatic hydroxyl groups is 1. The molecule has 2 N–H and O–H groups in total. The van der Waals surface area contributed by atoms with Crippen molar-refractivity contribution < 1.29 is 9.90 Å². The lowest BCUT2D eigenvalue weighted by atomic mass is 9.93. The van der Waals surface area contributed by atoms with E-state index in [4.69, 9.17) is 0 Å². The van der Waals surface area contributed by atoms with Crippen LogP contribution in [0, 0.1) is 0 Å². The first-order chi connectivity index (χ1) is 10.6. The van der Waals surface area contributed by atoms with Crippen molar-refractivity contribution in [2.75, 3.05) is 0 Å². The molecule has 4 nitrogen and oxygen atoms in total. The van der Waals surface area contributed by atoms with Gasteiger partial charge in [0.15, 0.2) is 0 Å². The van der Waals surface area contributed by atoms with Crippen molar-refractivity contribution in [1.82, 2.24) is 9.88 Å². The third-order valence-electron chi connectivity index (χ3n) is 4.39. The van der Waals surface area contributed by atoms with Gasteiger partial charge < -0.3 is 15.0 Å². The van der Waals surface area contributed by atoms with E-state index in [1.165, 1.54) is 0 Å². The first-order valence-corrected chi connectivity index (χ1v) is 7.84. The van der Waals surface area contributed by atoms with Gasteiger partial charge in [-0.05, 0) is 37.8 Å². The highest BCUT2D eigenvalue weighted by atomic mass is 16.3. The first kappa shape index (κ1) is 14.9. The number of carbonyl (C=O) groups is 1. The van der Waals surface area contributed by atoms with Crippen molar-refractivity contribution in [2.45, 2.75) is 37.8 Å². The molecule has 0 bridgehead atoms. The number of rotatable bonds is 3. The Balaban J connectivity index is 1.66. The quantitative estimate of drug-likeness (QED) is 0.856. The maximum absolute atomic E-state index is 12.0. The second-order valence-corrected chi connectivity index (χ2v) is 6.06. The van der Waals surface area contributed by atoms with E-state index in [1.54, 1.807) is 6.08 Å². The zero-order chi connectivity index (χ0) is 15.5. The second-order valence-electron chi connectivity index (χ2n) is 6.06. The van der Waals surface area contributed by atoms with Crippen LogP contribution in [0.2, 0.25) is 0 Å². The van der Waals surface area contributed by atoms with Crippen molar-refractivity contribution in [1.29, 1.82) is 0 Å². The number of amides is 1. The molecule has 4 heteroatoms. The van der Waals surface area contributed by atoms with Gasteiger partial charge in [0.25, 0.3) is 0 Å². The van der Waals surface area contributed by atoms with Crippen LogP contribution in [0.15, 0.2) is 36.5 Å². The smallest absolute Gasteiger partial charge is 0.244 e. The molecule has 0 aliphatic heterocycles. The van der Waals surface area contributed by atoms with Crippen molar-refractivity contribution >= 4 is 22.9 Å². The number of fused-ring (bicyclic) bond motifs is 1. The number of nitrogens with one attached hydrogen (secondary N) is 1. The van der Waals surface area contributed by atoms with E-state index in [0.29, 0.717) is 0 Å². The summed E-state index contributed by atoms with van der Waals surface area (Å²) in [7, 11) is 2.01. The van der Waals surface area contributed by atoms with E-state index in [2.05, 4.69) is 22.0 Å². The molecule has 1 amide bonds. The predicted molar refractivity (Wildman–Crippen MR) is 88.4 cm³/mol. The number of aromatic nitrogens is 1. The minimum absolute atomic E-state index is 0.0608. The summed E-state index contributed by atoms with van der Waals surface area (Å²) in [4.78, 5) is 12.0. The molecule has 116 valence electrons. The van der Waals surface area contributed by atoms with Crippen molar-refractivity contribution in [2.24, 2.45) is 7.05 Å². The highest BCUT2D eigenvalue weighted by Crippen LogP contribution is 2.21. The lowest BCUT2D eigenvalue weighted by Crippen LogP contribution is -2.37. The van der Waals surface area contributed by atoms with Crippen LogP contribution in [-0.4, -0.2) is 27.7 Å². The second kappa shape index (κ2) is 6.36. The van der Waals surface area contributed by atoms with E-state index < -0.39 is 0 Å². The number of carbonyl (C=O) groups excluding carboxylic acids is 1. The lowest BCUT2D eigenvalue weighted by molar-refractivity contribution is -0.117. The Morgan fingerprint density at radius 1 is 1.27 bits per heavy atom. The normalized spacial score (nSPS) is 22.3. The van der Waals surface area contributed by atoms with Crippen LogP contribution in [0.5, 0.6) is 0 Å². The van der Waals surface area contributed by atoms with Crippen LogP contribution in [0.4, 0.5) is 0 Å². The average molecular weight is 298 g/mol. The van der Waals surface area contributed by atoms with Gasteiger partial charge in [0.05, 0.1) is 6.10 Å². The maximum Gasteiger partial charge on any atom is 0.244 e. The Hall–Kier alpha value is -2.07. The van der Waals surface area contributed by atoms with Crippen LogP contribution in [0.25, 0.3) is 17.0 Å². The van der Waals surface area contributed by atoms with Gasteiger partial charge in [-0.15, -0.1) is 0 Å². The first-order valence-electron chi connectivity index (χ1n) is 7.84. The number of hydrogen-bond acceptors (Lipinski definition) is 2. The van der Waals surface area contributed by atoms with Crippen LogP contribution < -0.4 is 5.32 Å². The number of aliphatic hydroxyl groups excluding tert-OH is 1. The van der Waals surface area contributed by atoms with Gasteiger partial charge in [0, 0.05) is 41.8 Å². The van der Waals surface area contributed by atoms with E-state index >= 15 is 0 Å². The molecule has 0 spiro atoms. The van der Waals surface area contributed by atoms with Gasteiger partial charge in [-0.2, -0.15) is 0 Å². The van der Waals surface area contributed by atoms with Crippen LogP contribution in [0.1, 0.15) is 31.2 Å². The molecule has 0 unspecified atom stereocenters. The van der Waals surface area contributed by atoms with Crippen molar-refractivity contribution in [3.05, 3.63) is 42.1 Å². The standard InChI is InChI=1S/C18H22N2O2/c1-20-12-13(16-4-2-3-5-17(16)20)6-11-18(22)19-14-7-9-15(21)10-8-14/h2-6,11-12,14-15,21H,7-10H2,1H3,(H,19,22). The lowest BCUT2D eigenvalue weighted by Gasteiger charge is -2.25. The Labute approximate surface area is 130 Å². The van der Waals surface area contributed by atoms with Crippen molar-refractivity contribution in [3.63, 3.8) is 0 Å². The highest BCUT2D eigenvalue weighted by Gasteiger charge is 2.19. The molecular weight excluding hydrogens is 276 g/mol. The summed E-state index contributed by atoms with van der Waals surface area (Å²) in [5.74, 6) is -0.0608. The van der Waals surface area contributed by atoms with E-state index in [1.807, 2.05) is 31.5 Å². The van der Waals surface area contributed by atoms with Crippen molar-refractivity contribution in [3.8, 4) is 0 Å². The van der Waals surface area contributed by atoms with Gasteiger partial charge in [0.1, 0.15) is 0 Å². The third-order valence-corrected chi connectivity index (χ3v) is 4.39. The summed E-state index contributed by atoms with van der Waals surface area (Å²) < 4.78 is 2.06. The predicted octanol–water partition coefficient (Wildman–Crippen LogP) is 2.61. The zero-order valence-electron chi connectivity index (χ0n) is 12.8. The molecule has 1 saturated carbocycles. The summed E-state index contributed by atoms with van der Waals surface area (Å²) in [5.41, 5.74) is 2.20. The fourth-order valence-corrected chi connectivity index (χ4v) is 3.14. The Bertz CT molecular complexity index is 694. The van der Waals surface area contributed by atoms with Gasteiger partial charge in [-0.3, -0.25) is 4.79 Å². The molecule has 0 saturated heterocycles. The van der Waals surface area contributed by atoms with E-state index in [9.17, 15) is 9.90 Å². The molecule has 2 aromatic rings. The Morgan fingerprint density at radius 2 is 2.00 bits per heavy atom. The third kappa shape index (κ3) is 3.22. The fraction of sp³-hybridized carbons (Fsp3) is 0.389. The minimum atomic E-state index is -0.195. The number of nitrogens with zero attached hydrogens (tertiary/aromatic N) is 1. The number of hydrogen-bond donors (Lipinski definition) is 2.